The molecule has 0 saturated heterocycles. The molecule has 0 saturated carbocycles. The van der Waals surface area contributed by atoms with Crippen LogP contribution in [0.15, 0.2) is 35.1 Å². The van der Waals surface area contributed by atoms with E-state index in [9.17, 15) is 4.79 Å². The number of halogens is 1. The molecule has 0 atom stereocenters. The van der Waals surface area contributed by atoms with Gasteiger partial charge in [-0.1, -0.05) is 15.9 Å². The Bertz CT molecular complexity index is 688. The standard InChI is InChI=1S/C17H22BrN5O/c1-12-9-14(18)5-6-15(12)22-16(24)13-10-20-17(21-11-13)19-7-4-8-23(2)3/h5-6,9-11H,4,7-8H2,1-3H3,(H,22,24)(H,19,20,21). The van der Waals surface area contributed by atoms with E-state index >= 15 is 0 Å². The number of carbonyl (C=O) groups is 1. The van der Waals surface area contributed by atoms with Gasteiger partial charge in [0.2, 0.25) is 5.95 Å². The molecule has 128 valence electrons. The smallest absolute Gasteiger partial charge is 0.258 e. The van der Waals surface area contributed by atoms with Gasteiger partial charge in [0.05, 0.1) is 5.56 Å². The predicted octanol–water partition coefficient (Wildman–Crippen LogP) is 3.16. The minimum Gasteiger partial charge on any atom is -0.354 e. The molecule has 0 radical (unpaired) electrons. The lowest BCUT2D eigenvalue weighted by molar-refractivity contribution is 0.102. The van der Waals surface area contributed by atoms with Crippen LogP contribution in [0.5, 0.6) is 0 Å². The quantitative estimate of drug-likeness (QED) is 0.709. The Labute approximate surface area is 150 Å². The summed E-state index contributed by atoms with van der Waals surface area (Å²) in [5, 5.41) is 6.02. The highest BCUT2D eigenvalue weighted by molar-refractivity contribution is 9.10. The summed E-state index contributed by atoms with van der Waals surface area (Å²) >= 11 is 3.41. The lowest BCUT2D eigenvalue weighted by Crippen LogP contribution is -2.17. The fourth-order valence-electron chi connectivity index (χ4n) is 2.09. The molecule has 7 heteroatoms. The van der Waals surface area contributed by atoms with Gasteiger partial charge in [0.15, 0.2) is 0 Å². The fraction of sp³-hybridized carbons (Fsp3) is 0.353. The van der Waals surface area contributed by atoms with Gasteiger partial charge in [-0.05, 0) is 57.7 Å². The lowest BCUT2D eigenvalue weighted by atomic mass is 10.2. The van der Waals surface area contributed by atoms with E-state index in [1.807, 2.05) is 39.2 Å². The number of hydrogen-bond acceptors (Lipinski definition) is 5. The topological polar surface area (TPSA) is 70.2 Å². The third kappa shape index (κ3) is 5.58. The van der Waals surface area contributed by atoms with E-state index in [1.54, 1.807) is 0 Å². The van der Waals surface area contributed by atoms with Crippen molar-refractivity contribution >= 4 is 33.5 Å². The summed E-state index contributed by atoms with van der Waals surface area (Å²) in [6.07, 6.45) is 4.07. The van der Waals surface area contributed by atoms with Crippen molar-refractivity contribution in [2.75, 3.05) is 37.8 Å². The maximum absolute atomic E-state index is 12.3. The Morgan fingerprint density at radius 3 is 2.58 bits per heavy atom. The molecule has 1 amide bonds. The molecule has 2 aromatic rings. The molecule has 0 aliphatic heterocycles. The molecular weight excluding hydrogens is 370 g/mol. The van der Waals surface area contributed by atoms with Crippen molar-refractivity contribution in [3.8, 4) is 0 Å². The second-order valence-electron chi connectivity index (χ2n) is 5.79. The van der Waals surface area contributed by atoms with E-state index in [-0.39, 0.29) is 5.91 Å². The van der Waals surface area contributed by atoms with Gasteiger partial charge in [0.1, 0.15) is 0 Å². The van der Waals surface area contributed by atoms with Gasteiger partial charge < -0.3 is 15.5 Å². The zero-order valence-corrected chi connectivity index (χ0v) is 15.7. The molecule has 0 spiro atoms. The van der Waals surface area contributed by atoms with E-state index in [4.69, 9.17) is 0 Å². The van der Waals surface area contributed by atoms with E-state index in [0.717, 1.165) is 35.2 Å². The average Bonchev–Trinajstić information content (AvgIpc) is 2.54. The first-order chi connectivity index (χ1) is 11.5. The molecule has 0 unspecified atom stereocenters. The molecule has 1 aromatic carbocycles. The molecule has 2 rings (SSSR count). The van der Waals surface area contributed by atoms with Crippen LogP contribution in [-0.2, 0) is 0 Å². The average molecular weight is 392 g/mol. The maximum Gasteiger partial charge on any atom is 0.258 e. The summed E-state index contributed by atoms with van der Waals surface area (Å²) in [6, 6.07) is 5.70. The highest BCUT2D eigenvalue weighted by Gasteiger charge is 2.09. The number of rotatable bonds is 7. The fourth-order valence-corrected chi connectivity index (χ4v) is 2.57. The van der Waals surface area contributed by atoms with E-state index in [1.165, 1.54) is 12.4 Å². The van der Waals surface area contributed by atoms with Crippen LogP contribution in [0.1, 0.15) is 22.3 Å². The van der Waals surface area contributed by atoms with Gasteiger partial charge in [0, 0.05) is 29.1 Å². The van der Waals surface area contributed by atoms with Crippen LogP contribution in [0.2, 0.25) is 0 Å². The maximum atomic E-state index is 12.3. The second kappa shape index (κ2) is 8.75. The Morgan fingerprint density at radius 1 is 1.25 bits per heavy atom. The van der Waals surface area contributed by atoms with Gasteiger partial charge in [-0.25, -0.2) is 9.97 Å². The number of nitrogens with zero attached hydrogens (tertiary/aromatic N) is 3. The van der Waals surface area contributed by atoms with E-state index in [0.29, 0.717) is 11.5 Å². The third-order valence-electron chi connectivity index (χ3n) is 3.42. The number of amides is 1. The first kappa shape index (κ1) is 18.4. The number of carbonyl (C=O) groups excluding carboxylic acids is 1. The highest BCUT2D eigenvalue weighted by atomic mass is 79.9. The number of nitrogens with one attached hydrogen (secondary N) is 2. The van der Waals surface area contributed by atoms with Crippen LogP contribution >= 0.6 is 15.9 Å². The zero-order valence-electron chi connectivity index (χ0n) is 14.1. The highest BCUT2D eigenvalue weighted by Crippen LogP contribution is 2.20. The molecule has 0 aliphatic carbocycles. The van der Waals surface area contributed by atoms with Gasteiger partial charge in [-0.2, -0.15) is 0 Å². The van der Waals surface area contributed by atoms with Crippen molar-refractivity contribution in [2.45, 2.75) is 13.3 Å². The number of anilines is 2. The van der Waals surface area contributed by atoms with Crippen molar-refractivity contribution in [3.05, 3.63) is 46.2 Å². The Balaban J connectivity index is 1.91. The largest absolute Gasteiger partial charge is 0.354 e. The van der Waals surface area contributed by atoms with Gasteiger partial charge in [-0.15, -0.1) is 0 Å². The number of aromatic nitrogens is 2. The SMILES string of the molecule is Cc1cc(Br)ccc1NC(=O)c1cnc(NCCCN(C)C)nc1. The van der Waals surface area contributed by atoms with Crippen LogP contribution in [0.25, 0.3) is 0 Å². The minimum absolute atomic E-state index is 0.223. The minimum atomic E-state index is -0.223. The first-order valence-electron chi connectivity index (χ1n) is 7.74. The van der Waals surface area contributed by atoms with Gasteiger partial charge in [0.25, 0.3) is 5.91 Å². The number of hydrogen-bond donors (Lipinski definition) is 2. The van der Waals surface area contributed by atoms with Crippen molar-refractivity contribution in [3.63, 3.8) is 0 Å². The third-order valence-corrected chi connectivity index (χ3v) is 3.91. The van der Waals surface area contributed by atoms with E-state index in [2.05, 4.69) is 41.4 Å². The lowest BCUT2D eigenvalue weighted by Gasteiger charge is -2.10. The molecule has 0 aliphatic rings. The van der Waals surface area contributed by atoms with Crippen LogP contribution in [0.4, 0.5) is 11.6 Å². The van der Waals surface area contributed by atoms with Crippen LogP contribution in [0, 0.1) is 6.92 Å². The van der Waals surface area contributed by atoms with Crippen LogP contribution in [0.3, 0.4) is 0 Å². The Kier molecular flexibility index (Phi) is 6.69. The molecular formula is C17H22BrN5O. The molecule has 1 aromatic heterocycles. The molecule has 2 N–H and O–H groups in total. The molecule has 1 heterocycles. The predicted molar refractivity (Wildman–Crippen MR) is 101 cm³/mol. The first-order valence-corrected chi connectivity index (χ1v) is 8.53. The van der Waals surface area contributed by atoms with Gasteiger partial charge >= 0.3 is 0 Å². The molecule has 24 heavy (non-hydrogen) atoms. The summed E-state index contributed by atoms with van der Waals surface area (Å²) in [6.45, 7) is 3.74. The van der Waals surface area contributed by atoms with E-state index < -0.39 is 0 Å². The molecule has 0 bridgehead atoms. The molecule has 6 nitrogen and oxygen atoms in total. The Morgan fingerprint density at radius 2 is 1.96 bits per heavy atom. The monoisotopic (exact) mass is 391 g/mol. The summed E-state index contributed by atoms with van der Waals surface area (Å²) in [7, 11) is 4.08. The zero-order chi connectivity index (χ0) is 17.5. The Hall–Kier alpha value is -1.99. The van der Waals surface area contributed by atoms with Crippen molar-refractivity contribution in [1.29, 1.82) is 0 Å². The summed E-state index contributed by atoms with van der Waals surface area (Å²) in [5.74, 6) is 0.310. The van der Waals surface area contributed by atoms with Crippen molar-refractivity contribution in [1.82, 2.24) is 14.9 Å². The van der Waals surface area contributed by atoms with Crippen LogP contribution < -0.4 is 10.6 Å². The number of benzene rings is 1. The van der Waals surface area contributed by atoms with Crippen molar-refractivity contribution in [2.24, 2.45) is 0 Å². The summed E-state index contributed by atoms with van der Waals surface area (Å²) in [4.78, 5) is 22.8. The van der Waals surface area contributed by atoms with Gasteiger partial charge in [-0.3, -0.25) is 4.79 Å². The second-order valence-corrected chi connectivity index (χ2v) is 6.71. The molecule has 0 fully saturated rings. The van der Waals surface area contributed by atoms with Crippen molar-refractivity contribution < 1.29 is 4.79 Å². The van der Waals surface area contributed by atoms with Crippen LogP contribution in [-0.4, -0.2) is 48.0 Å². The summed E-state index contributed by atoms with van der Waals surface area (Å²) < 4.78 is 0.978. The number of aryl methyl sites for hydroxylation is 1. The summed E-state index contributed by atoms with van der Waals surface area (Å²) in [5.41, 5.74) is 2.18. The normalized spacial score (nSPS) is 10.7.